The van der Waals surface area contributed by atoms with Crippen molar-refractivity contribution in [2.75, 3.05) is 13.2 Å². The van der Waals surface area contributed by atoms with Crippen LogP contribution < -0.4 is 4.52 Å². The zero-order valence-electron chi connectivity index (χ0n) is 10.7. The van der Waals surface area contributed by atoms with Crippen LogP contribution in [0.2, 0.25) is 0 Å². The third-order valence-corrected chi connectivity index (χ3v) is 3.65. The van der Waals surface area contributed by atoms with Gasteiger partial charge in [0.2, 0.25) is 0 Å². The number of hydrogen-bond acceptors (Lipinski definition) is 5. The standard InChI is InChI=1S/C12H17O5P/c1-4-15-18(14,16-5-2)17-12-7-6-10(3)8-11(12)9-13/h6-9H,4-5H2,1-3H3. The molecule has 100 valence electrons. The van der Waals surface area contributed by atoms with Gasteiger partial charge in [-0.2, -0.15) is 0 Å². The van der Waals surface area contributed by atoms with Crippen molar-refractivity contribution in [2.45, 2.75) is 20.8 Å². The molecule has 0 fully saturated rings. The topological polar surface area (TPSA) is 61.8 Å². The highest BCUT2D eigenvalue weighted by Gasteiger charge is 2.28. The minimum absolute atomic E-state index is 0.194. The summed E-state index contributed by atoms with van der Waals surface area (Å²) in [5.74, 6) is 0.195. The molecule has 0 saturated carbocycles. The summed E-state index contributed by atoms with van der Waals surface area (Å²) in [5.41, 5.74) is 1.22. The van der Waals surface area contributed by atoms with E-state index in [9.17, 15) is 9.36 Å². The van der Waals surface area contributed by atoms with Gasteiger partial charge in [0.25, 0.3) is 0 Å². The summed E-state index contributed by atoms with van der Waals surface area (Å²) in [7, 11) is -3.66. The zero-order valence-corrected chi connectivity index (χ0v) is 11.6. The van der Waals surface area contributed by atoms with Crippen molar-refractivity contribution in [3.8, 4) is 5.75 Å². The number of aryl methyl sites for hydroxylation is 1. The van der Waals surface area contributed by atoms with Crippen LogP contribution in [0.4, 0.5) is 0 Å². The molecule has 0 aliphatic heterocycles. The van der Waals surface area contributed by atoms with Crippen molar-refractivity contribution in [1.82, 2.24) is 0 Å². The molecule has 0 saturated heterocycles. The average Bonchev–Trinajstić information content (AvgIpc) is 2.32. The third-order valence-electron chi connectivity index (χ3n) is 2.08. The minimum Gasteiger partial charge on any atom is -0.403 e. The Morgan fingerprint density at radius 3 is 2.33 bits per heavy atom. The Kier molecular flexibility index (Phi) is 5.54. The predicted octanol–water partition coefficient (Wildman–Crippen LogP) is 3.37. The van der Waals surface area contributed by atoms with Crippen molar-refractivity contribution < 1.29 is 22.9 Å². The van der Waals surface area contributed by atoms with Crippen LogP contribution in [0, 0.1) is 6.92 Å². The number of aldehydes is 1. The molecule has 1 rings (SSSR count). The van der Waals surface area contributed by atoms with E-state index in [2.05, 4.69) is 0 Å². The maximum Gasteiger partial charge on any atom is 0.530 e. The first-order chi connectivity index (χ1) is 8.54. The number of carbonyl (C=O) groups excluding carboxylic acids is 1. The zero-order chi connectivity index (χ0) is 13.6. The summed E-state index contributed by atoms with van der Waals surface area (Å²) < 4.78 is 27.4. The Morgan fingerprint density at radius 1 is 1.22 bits per heavy atom. The first-order valence-electron chi connectivity index (χ1n) is 5.69. The number of phosphoric ester groups is 1. The van der Waals surface area contributed by atoms with Crippen LogP contribution in [-0.4, -0.2) is 19.5 Å². The quantitative estimate of drug-likeness (QED) is 0.562. The second-order valence-electron chi connectivity index (χ2n) is 3.53. The number of carbonyl (C=O) groups is 1. The predicted molar refractivity (Wildman–Crippen MR) is 68.1 cm³/mol. The van der Waals surface area contributed by atoms with E-state index < -0.39 is 7.82 Å². The fourth-order valence-electron chi connectivity index (χ4n) is 1.37. The van der Waals surface area contributed by atoms with E-state index in [1.54, 1.807) is 32.0 Å². The number of benzene rings is 1. The van der Waals surface area contributed by atoms with Crippen molar-refractivity contribution in [1.29, 1.82) is 0 Å². The molecule has 0 amide bonds. The second kappa shape index (κ2) is 6.69. The Bertz CT molecular complexity index is 448. The lowest BCUT2D eigenvalue weighted by molar-refractivity contribution is 0.112. The summed E-state index contributed by atoms with van der Waals surface area (Å²) in [4.78, 5) is 10.9. The van der Waals surface area contributed by atoms with Crippen LogP contribution in [-0.2, 0) is 13.6 Å². The van der Waals surface area contributed by atoms with E-state index in [-0.39, 0.29) is 19.0 Å². The average molecular weight is 272 g/mol. The lowest BCUT2D eigenvalue weighted by Gasteiger charge is -2.18. The monoisotopic (exact) mass is 272 g/mol. The first-order valence-corrected chi connectivity index (χ1v) is 7.15. The van der Waals surface area contributed by atoms with Crippen molar-refractivity contribution >= 4 is 14.1 Å². The van der Waals surface area contributed by atoms with Crippen LogP contribution >= 0.6 is 7.82 Å². The highest BCUT2D eigenvalue weighted by atomic mass is 31.2. The van der Waals surface area contributed by atoms with Gasteiger partial charge in [0.05, 0.1) is 18.8 Å². The van der Waals surface area contributed by atoms with E-state index in [0.717, 1.165) is 5.56 Å². The molecular weight excluding hydrogens is 255 g/mol. The van der Waals surface area contributed by atoms with Crippen LogP contribution in [0.5, 0.6) is 5.75 Å². The fourth-order valence-corrected chi connectivity index (χ4v) is 2.59. The fraction of sp³-hybridized carbons (Fsp3) is 0.417. The molecule has 18 heavy (non-hydrogen) atoms. The molecule has 1 aromatic rings. The van der Waals surface area contributed by atoms with Gasteiger partial charge in [-0.1, -0.05) is 11.6 Å². The normalized spacial score (nSPS) is 11.3. The van der Waals surface area contributed by atoms with Gasteiger partial charge in [-0.15, -0.1) is 0 Å². The van der Waals surface area contributed by atoms with E-state index in [1.807, 2.05) is 6.92 Å². The molecule has 0 aliphatic rings. The van der Waals surface area contributed by atoms with E-state index in [0.29, 0.717) is 11.8 Å². The summed E-state index contributed by atoms with van der Waals surface area (Å²) in [6.07, 6.45) is 0.643. The van der Waals surface area contributed by atoms with Crippen LogP contribution in [0.3, 0.4) is 0 Å². The van der Waals surface area contributed by atoms with E-state index in [4.69, 9.17) is 13.6 Å². The van der Waals surface area contributed by atoms with Gasteiger partial charge in [0.1, 0.15) is 5.75 Å². The van der Waals surface area contributed by atoms with Gasteiger partial charge in [0.15, 0.2) is 6.29 Å². The Morgan fingerprint density at radius 2 is 1.83 bits per heavy atom. The Labute approximate surface area is 107 Å². The number of rotatable bonds is 7. The van der Waals surface area contributed by atoms with Crippen molar-refractivity contribution in [3.63, 3.8) is 0 Å². The molecule has 0 radical (unpaired) electrons. The molecule has 5 nitrogen and oxygen atoms in total. The third kappa shape index (κ3) is 3.95. The maximum atomic E-state index is 12.2. The lowest BCUT2D eigenvalue weighted by atomic mass is 10.1. The largest absolute Gasteiger partial charge is 0.530 e. The van der Waals surface area contributed by atoms with Gasteiger partial charge in [-0.05, 0) is 32.9 Å². The lowest BCUT2D eigenvalue weighted by Crippen LogP contribution is -2.03. The van der Waals surface area contributed by atoms with Crippen molar-refractivity contribution in [2.24, 2.45) is 0 Å². The summed E-state index contributed by atoms with van der Waals surface area (Å²) >= 11 is 0. The smallest absolute Gasteiger partial charge is 0.403 e. The Hall–Kier alpha value is -1.16. The molecule has 0 aliphatic carbocycles. The van der Waals surface area contributed by atoms with Crippen LogP contribution in [0.1, 0.15) is 29.8 Å². The molecule has 0 aromatic heterocycles. The van der Waals surface area contributed by atoms with Gasteiger partial charge < -0.3 is 4.52 Å². The summed E-state index contributed by atoms with van der Waals surface area (Å²) in [6.45, 7) is 5.61. The second-order valence-corrected chi connectivity index (χ2v) is 5.13. The van der Waals surface area contributed by atoms with Crippen molar-refractivity contribution in [3.05, 3.63) is 29.3 Å². The number of hydrogen-bond donors (Lipinski definition) is 0. The van der Waals surface area contributed by atoms with Crippen LogP contribution in [0.15, 0.2) is 18.2 Å². The molecule has 0 bridgehead atoms. The van der Waals surface area contributed by atoms with E-state index >= 15 is 0 Å². The van der Waals surface area contributed by atoms with Gasteiger partial charge in [-0.25, -0.2) is 4.57 Å². The molecule has 0 spiro atoms. The molecule has 0 atom stereocenters. The highest BCUT2D eigenvalue weighted by Crippen LogP contribution is 2.49. The SMILES string of the molecule is CCOP(=O)(OCC)Oc1ccc(C)cc1C=O. The molecule has 0 heterocycles. The maximum absolute atomic E-state index is 12.2. The molecule has 1 aromatic carbocycles. The molecule has 6 heteroatoms. The molecule has 0 N–H and O–H groups in total. The molecular formula is C12H17O5P. The Balaban J connectivity index is 3.00. The van der Waals surface area contributed by atoms with Gasteiger partial charge >= 0.3 is 7.82 Å². The highest BCUT2D eigenvalue weighted by molar-refractivity contribution is 7.48. The first kappa shape index (κ1) is 14.9. The molecule has 0 unspecified atom stereocenters. The summed E-state index contributed by atoms with van der Waals surface area (Å²) in [6, 6.07) is 4.97. The minimum atomic E-state index is -3.66. The van der Waals surface area contributed by atoms with Gasteiger partial charge in [0, 0.05) is 0 Å². The van der Waals surface area contributed by atoms with Crippen LogP contribution in [0.25, 0.3) is 0 Å². The number of phosphoric acid groups is 1. The summed E-state index contributed by atoms with van der Waals surface area (Å²) in [5, 5.41) is 0. The van der Waals surface area contributed by atoms with Gasteiger partial charge in [-0.3, -0.25) is 13.8 Å². The van der Waals surface area contributed by atoms with E-state index in [1.165, 1.54) is 0 Å².